The third-order valence-corrected chi connectivity index (χ3v) is 3.26. The van der Waals surface area contributed by atoms with Gasteiger partial charge in [0.15, 0.2) is 0 Å². The number of hydrogen-bond acceptors (Lipinski definition) is 6. The molecule has 1 aromatic carbocycles. The summed E-state index contributed by atoms with van der Waals surface area (Å²) in [5.41, 5.74) is 1.67. The summed E-state index contributed by atoms with van der Waals surface area (Å²) in [6.07, 6.45) is 0. The highest BCUT2D eigenvalue weighted by Gasteiger charge is 2.14. The number of aryl methyl sites for hydroxylation is 1. The number of piperazine rings is 1. The normalized spacial score (nSPS) is 14.5. The Morgan fingerprint density at radius 3 is 2.30 bits per heavy atom. The lowest BCUT2D eigenvalue weighted by molar-refractivity contribution is -0.385. The first-order chi connectivity index (χ1) is 10.7. The lowest BCUT2D eigenvalue weighted by Crippen LogP contribution is -2.43. The van der Waals surface area contributed by atoms with Crippen LogP contribution in [0.4, 0.5) is 11.4 Å². The van der Waals surface area contributed by atoms with Crippen molar-refractivity contribution < 1.29 is 14.5 Å². The molecule has 0 radical (unpaired) electrons. The monoisotopic (exact) mass is 323 g/mol. The van der Waals surface area contributed by atoms with E-state index in [0.717, 1.165) is 37.4 Å². The fraction of sp³-hybridized carbons (Fsp3) is 0.562. The molecule has 0 spiro atoms. The maximum Gasteiger partial charge on any atom is 0.293 e. The van der Waals surface area contributed by atoms with Crippen molar-refractivity contribution in [1.82, 2.24) is 5.32 Å². The zero-order valence-corrected chi connectivity index (χ0v) is 14.2. The van der Waals surface area contributed by atoms with Gasteiger partial charge in [0.1, 0.15) is 5.60 Å². The predicted molar refractivity (Wildman–Crippen MR) is 89.8 cm³/mol. The molecule has 0 aliphatic carbocycles. The Bertz CT molecular complexity index is 535. The Kier molecular flexibility index (Phi) is 6.96. The molecule has 23 heavy (non-hydrogen) atoms. The summed E-state index contributed by atoms with van der Waals surface area (Å²) in [6, 6.07) is 5.31. The Balaban J connectivity index is 0.000000322. The lowest BCUT2D eigenvalue weighted by Gasteiger charge is -2.29. The average molecular weight is 323 g/mol. The van der Waals surface area contributed by atoms with Crippen LogP contribution in [0.3, 0.4) is 0 Å². The van der Waals surface area contributed by atoms with Gasteiger partial charge in [0, 0.05) is 43.5 Å². The molecule has 0 unspecified atom stereocenters. The first-order valence-corrected chi connectivity index (χ1v) is 7.57. The summed E-state index contributed by atoms with van der Waals surface area (Å²) in [5, 5.41) is 14.0. The van der Waals surface area contributed by atoms with Gasteiger partial charge in [0.25, 0.3) is 12.2 Å². The molecule has 0 aromatic heterocycles. The van der Waals surface area contributed by atoms with Gasteiger partial charge >= 0.3 is 0 Å². The summed E-state index contributed by atoms with van der Waals surface area (Å²) >= 11 is 0. The highest BCUT2D eigenvalue weighted by Crippen LogP contribution is 2.24. The molecule has 7 nitrogen and oxygen atoms in total. The SMILES string of the molecule is CC(C)(C)OC=O.Cc1cc(N2CCNCC2)ccc1[N+](=O)[O-]. The molecule has 0 amide bonds. The molecular formula is C16H25N3O4. The van der Waals surface area contributed by atoms with Crippen LogP contribution < -0.4 is 10.2 Å². The zero-order valence-electron chi connectivity index (χ0n) is 14.2. The number of carbonyl (C=O) groups excluding carboxylic acids is 1. The van der Waals surface area contributed by atoms with Crippen molar-refractivity contribution in [3.05, 3.63) is 33.9 Å². The van der Waals surface area contributed by atoms with Gasteiger partial charge in [-0.1, -0.05) is 0 Å². The quantitative estimate of drug-likeness (QED) is 0.522. The van der Waals surface area contributed by atoms with Crippen LogP contribution in [0.25, 0.3) is 0 Å². The molecule has 1 N–H and O–H groups in total. The van der Waals surface area contributed by atoms with Gasteiger partial charge < -0.3 is 15.0 Å². The summed E-state index contributed by atoms with van der Waals surface area (Å²) < 4.78 is 4.55. The molecule has 2 rings (SSSR count). The molecule has 128 valence electrons. The van der Waals surface area contributed by atoms with Gasteiger partial charge in [-0.05, 0) is 39.8 Å². The highest BCUT2D eigenvalue weighted by atomic mass is 16.6. The first-order valence-electron chi connectivity index (χ1n) is 7.57. The highest BCUT2D eigenvalue weighted by molar-refractivity contribution is 5.55. The average Bonchev–Trinajstić information content (AvgIpc) is 2.47. The topological polar surface area (TPSA) is 84.7 Å². The molecule has 0 bridgehead atoms. The van der Waals surface area contributed by atoms with Crippen molar-refractivity contribution in [3.63, 3.8) is 0 Å². The third-order valence-electron chi connectivity index (χ3n) is 3.26. The Hall–Kier alpha value is -2.15. The summed E-state index contributed by atoms with van der Waals surface area (Å²) in [5.74, 6) is 0. The Morgan fingerprint density at radius 2 is 1.91 bits per heavy atom. The van der Waals surface area contributed by atoms with Gasteiger partial charge in [-0.2, -0.15) is 0 Å². The summed E-state index contributed by atoms with van der Waals surface area (Å²) in [4.78, 5) is 22.2. The standard InChI is InChI=1S/C11H15N3O2.C5H10O2/c1-9-8-10(2-3-11(9)14(15)16)13-6-4-12-5-7-13;1-5(2,3)7-4-6/h2-3,8,12H,4-7H2,1H3;4H,1-3H3. The molecule has 0 atom stereocenters. The van der Waals surface area contributed by atoms with E-state index in [1.54, 1.807) is 13.0 Å². The third kappa shape index (κ3) is 6.65. The number of nitro groups is 1. The van der Waals surface area contributed by atoms with Crippen LogP contribution >= 0.6 is 0 Å². The molecule has 0 saturated carbocycles. The van der Waals surface area contributed by atoms with E-state index in [1.165, 1.54) is 0 Å². The van der Waals surface area contributed by atoms with Crippen LogP contribution in [0.15, 0.2) is 18.2 Å². The molecule has 7 heteroatoms. The van der Waals surface area contributed by atoms with E-state index >= 15 is 0 Å². The Labute approximate surface area is 136 Å². The maximum absolute atomic E-state index is 10.7. The van der Waals surface area contributed by atoms with E-state index in [4.69, 9.17) is 0 Å². The van der Waals surface area contributed by atoms with Gasteiger partial charge in [0.2, 0.25) is 0 Å². The van der Waals surface area contributed by atoms with E-state index in [9.17, 15) is 14.9 Å². The zero-order chi connectivity index (χ0) is 17.5. The van der Waals surface area contributed by atoms with Crippen LogP contribution in [0.1, 0.15) is 26.3 Å². The lowest BCUT2D eigenvalue weighted by atomic mass is 10.1. The van der Waals surface area contributed by atoms with E-state index in [2.05, 4.69) is 15.0 Å². The van der Waals surface area contributed by atoms with Crippen LogP contribution in [0.2, 0.25) is 0 Å². The molecule has 1 aliphatic heterocycles. The van der Waals surface area contributed by atoms with Gasteiger partial charge in [-0.15, -0.1) is 0 Å². The van der Waals surface area contributed by atoms with Crippen molar-refractivity contribution in [3.8, 4) is 0 Å². The van der Waals surface area contributed by atoms with Gasteiger partial charge in [-0.25, -0.2) is 0 Å². The van der Waals surface area contributed by atoms with Crippen LogP contribution in [0.5, 0.6) is 0 Å². The molecule has 1 aliphatic rings. The number of rotatable bonds is 3. The maximum atomic E-state index is 10.7. The van der Waals surface area contributed by atoms with Gasteiger partial charge in [0.05, 0.1) is 4.92 Å². The number of nitrogens with one attached hydrogen (secondary N) is 1. The molecule has 1 fully saturated rings. The van der Waals surface area contributed by atoms with E-state index in [0.29, 0.717) is 6.47 Å². The number of nitro benzene ring substituents is 1. The van der Waals surface area contributed by atoms with Crippen LogP contribution in [0, 0.1) is 17.0 Å². The van der Waals surface area contributed by atoms with E-state index in [1.807, 2.05) is 32.9 Å². The van der Waals surface area contributed by atoms with Crippen molar-refractivity contribution in [2.24, 2.45) is 0 Å². The van der Waals surface area contributed by atoms with Crippen molar-refractivity contribution in [2.75, 3.05) is 31.1 Å². The fourth-order valence-corrected chi connectivity index (χ4v) is 2.11. The van der Waals surface area contributed by atoms with E-state index < -0.39 is 0 Å². The Morgan fingerprint density at radius 1 is 1.30 bits per heavy atom. The minimum absolute atomic E-state index is 0.193. The van der Waals surface area contributed by atoms with Crippen molar-refractivity contribution in [1.29, 1.82) is 0 Å². The second-order valence-corrected chi connectivity index (χ2v) is 6.29. The minimum atomic E-state index is -0.336. The fourth-order valence-electron chi connectivity index (χ4n) is 2.11. The summed E-state index contributed by atoms with van der Waals surface area (Å²) in [6.45, 7) is 11.6. The van der Waals surface area contributed by atoms with Crippen molar-refractivity contribution >= 4 is 17.8 Å². The number of hydrogen-bond donors (Lipinski definition) is 1. The number of carbonyl (C=O) groups is 1. The molecule has 1 heterocycles. The second-order valence-electron chi connectivity index (χ2n) is 6.29. The van der Waals surface area contributed by atoms with Gasteiger partial charge in [-0.3, -0.25) is 14.9 Å². The second kappa shape index (κ2) is 8.47. The predicted octanol–water partition coefficient (Wildman–Crippen LogP) is 2.27. The first kappa shape index (κ1) is 18.9. The van der Waals surface area contributed by atoms with E-state index in [-0.39, 0.29) is 16.2 Å². The molecular weight excluding hydrogens is 298 g/mol. The summed E-state index contributed by atoms with van der Waals surface area (Å²) in [7, 11) is 0. The van der Waals surface area contributed by atoms with Crippen LogP contribution in [-0.2, 0) is 9.53 Å². The largest absolute Gasteiger partial charge is 0.462 e. The molecule has 1 aromatic rings. The van der Waals surface area contributed by atoms with Crippen LogP contribution in [-0.4, -0.2) is 43.2 Å². The minimum Gasteiger partial charge on any atom is -0.462 e. The number of anilines is 1. The smallest absolute Gasteiger partial charge is 0.293 e. The number of nitrogens with zero attached hydrogens (tertiary/aromatic N) is 2. The number of ether oxygens (including phenoxy) is 1. The molecule has 1 saturated heterocycles. The number of benzene rings is 1. The van der Waals surface area contributed by atoms with Crippen molar-refractivity contribution in [2.45, 2.75) is 33.3 Å².